The van der Waals surface area contributed by atoms with Gasteiger partial charge in [0, 0.05) is 44.3 Å². The SMILES string of the molecule is CN(C)CC(C)(C)CNc1cc(Nc2ccc(C3CCOCC3)cc2)ncc1C(N)=O. The summed E-state index contributed by atoms with van der Waals surface area (Å²) in [5.41, 5.74) is 8.97. The lowest BCUT2D eigenvalue weighted by atomic mass is 9.92. The van der Waals surface area contributed by atoms with Crippen LogP contribution in [-0.2, 0) is 4.74 Å². The van der Waals surface area contributed by atoms with Gasteiger partial charge in [0.15, 0.2) is 0 Å². The van der Waals surface area contributed by atoms with Crippen LogP contribution < -0.4 is 16.4 Å². The van der Waals surface area contributed by atoms with Crippen molar-refractivity contribution in [1.29, 1.82) is 0 Å². The van der Waals surface area contributed by atoms with Crippen molar-refractivity contribution >= 4 is 23.1 Å². The van der Waals surface area contributed by atoms with Gasteiger partial charge in [-0.3, -0.25) is 4.79 Å². The van der Waals surface area contributed by atoms with Crippen LogP contribution in [0.15, 0.2) is 36.5 Å². The fraction of sp³-hybridized carbons (Fsp3) is 0.500. The number of primary amides is 1. The maximum absolute atomic E-state index is 11.9. The zero-order valence-corrected chi connectivity index (χ0v) is 19.1. The zero-order chi connectivity index (χ0) is 22.4. The molecule has 0 unspecified atom stereocenters. The first-order valence-electron chi connectivity index (χ1n) is 10.9. The number of benzene rings is 1. The van der Waals surface area contributed by atoms with E-state index in [1.165, 1.54) is 11.8 Å². The van der Waals surface area contributed by atoms with Gasteiger partial charge in [0.1, 0.15) is 5.82 Å². The number of anilines is 3. The fourth-order valence-corrected chi connectivity index (χ4v) is 4.13. The first-order chi connectivity index (χ1) is 14.7. The maximum Gasteiger partial charge on any atom is 0.252 e. The number of rotatable bonds is 9. The zero-order valence-electron chi connectivity index (χ0n) is 19.1. The number of carbonyl (C=O) groups is 1. The molecule has 1 amide bonds. The number of pyridine rings is 1. The van der Waals surface area contributed by atoms with Gasteiger partial charge in [-0.1, -0.05) is 26.0 Å². The van der Waals surface area contributed by atoms with E-state index in [0.29, 0.717) is 29.5 Å². The molecule has 31 heavy (non-hydrogen) atoms. The van der Waals surface area contributed by atoms with Crippen molar-refractivity contribution < 1.29 is 9.53 Å². The second-order valence-electron chi connectivity index (χ2n) is 9.37. The molecule has 0 saturated carbocycles. The molecule has 4 N–H and O–H groups in total. The van der Waals surface area contributed by atoms with Crippen molar-refractivity contribution in [2.24, 2.45) is 11.1 Å². The molecule has 0 bridgehead atoms. The van der Waals surface area contributed by atoms with Crippen molar-refractivity contribution in [2.45, 2.75) is 32.6 Å². The van der Waals surface area contributed by atoms with E-state index >= 15 is 0 Å². The number of aromatic nitrogens is 1. The molecule has 1 aliphatic heterocycles. The van der Waals surface area contributed by atoms with Crippen LogP contribution in [0.5, 0.6) is 0 Å². The minimum atomic E-state index is -0.493. The highest BCUT2D eigenvalue weighted by atomic mass is 16.5. The topological polar surface area (TPSA) is 92.5 Å². The smallest absolute Gasteiger partial charge is 0.252 e. The molecular formula is C24H35N5O2. The van der Waals surface area contributed by atoms with Gasteiger partial charge in [0.25, 0.3) is 5.91 Å². The number of hydrogen-bond donors (Lipinski definition) is 3. The van der Waals surface area contributed by atoms with Gasteiger partial charge in [-0.2, -0.15) is 0 Å². The van der Waals surface area contributed by atoms with Gasteiger partial charge >= 0.3 is 0 Å². The summed E-state index contributed by atoms with van der Waals surface area (Å²) in [6.45, 7) is 7.66. The molecule has 0 spiro atoms. The molecule has 2 aromatic rings. The third-order valence-corrected chi connectivity index (χ3v) is 5.55. The van der Waals surface area contributed by atoms with E-state index in [1.54, 1.807) is 0 Å². The summed E-state index contributed by atoms with van der Waals surface area (Å²) in [5.74, 6) is 0.738. The summed E-state index contributed by atoms with van der Waals surface area (Å²) in [4.78, 5) is 18.4. The van der Waals surface area contributed by atoms with Crippen molar-refractivity contribution in [3.63, 3.8) is 0 Å². The van der Waals surface area contributed by atoms with Gasteiger partial charge in [-0.15, -0.1) is 0 Å². The Bertz CT molecular complexity index is 874. The summed E-state index contributed by atoms with van der Waals surface area (Å²) >= 11 is 0. The van der Waals surface area contributed by atoms with Crippen LogP contribution in [0.25, 0.3) is 0 Å². The molecule has 168 valence electrons. The average molecular weight is 426 g/mol. The average Bonchev–Trinajstić information content (AvgIpc) is 2.72. The van der Waals surface area contributed by atoms with E-state index in [0.717, 1.165) is 38.3 Å². The number of nitrogens with two attached hydrogens (primary N) is 1. The fourth-order valence-electron chi connectivity index (χ4n) is 4.13. The lowest BCUT2D eigenvalue weighted by molar-refractivity contribution is 0.0853. The van der Waals surface area contributed by atoms with Gasteiger partial charge < -0.3 is 26.0 Å². The van der Waals surface area contributed by atoms with Crippen molar-refractivity contribution in [3.05, 3.63) is 47.7 Å². The predicted octanol–water partition coefficient (Wildman–Crippen LogP) is 3.82. The van der Waals surface area contributed by atoms with E-state index in [1.807, 2.05) is 6.07 Å². The molecule has 1 fully saturated rings. The highest BCUT2D eigenvalue weighted by molar-refractivity contribution is 5.98. The predicted molar refractivity (Wildman–Crippen MR) is 126 cm³/mol. The van der Waals surface area contributed by atoms with Crippen LogP contribution in [0, 0.1) is 5.41 Å². The molecule has 0 radical (unpaired) electrons. The minimum absolute atomic E-state index is 0.0231. The van der Waals surface area contributed by atoms with Gasteiger partial charge in [-0.05, 0) is 56.0 Å². The van der Waals surface area contributed by atoms with Crippen LogP contribution in [-0.4, -0.2) is 56.2 Å². The first-order valence-corrected chi connectivity index (χ1v) is 10.9. The first kappa shape index (κ1) is 23.0. The standard InChI is InChI=1S/C24H35N5O2/c1-24(2,16-29(3)4)15-27-21-13-22(26-14-20(21)23(25)30)28-19-7-5-17(6-8-19)18-9-11-31-12-10-18/h5-8,13-14,18H,9-12,15-16H2,1-4H3,(H2,25,30)(H2,26,27,28). The summed E-state index contributed by atoms with van der Waals surface area (Å²) in [5, 5.41) is 6.73. The van der Waals surface area contributed by atoms with Crippen molar-refractivity contribution in [1.82, 2.24) is 9.88 Å². The Balaban J connectivity index is 1.71. The molecule has 1 saturated heterocycles. The van der Waals surface area contributed by atoms with Crippen LogP contribution >= 0.6 is 0 Å². The van der Waals surface area contributed by atoms with Crippen LogP contribution in [0.2, 0.25) is 0 Å². The Morgan fingerprint density at radius 1 is 1.23 bits per heavy atom. The highest BCUT2D eigenvalue weighted by Crippen LogP contribution is 2.29. The summed E-state index contributed by atoms with van der Waals surface area (Å²) < 4.78 is 5.46. The number of carbonyl (C=O) groups excluding carboxylic acids is 1. The van der Waals surface area contributed by atoms with Gasteiger partial charge in [-0.25, -0.2) is 4.98 Å². The molecule has 0 atom stereocenters. The van der Waals surface area contributed by atoms with Crippen molar-refractivity contribution in [3.8, 4) is 0 Å². The third kappa shape index (κ3) is 6.67. The van der Waals surface area contributed by atoms with E-state index < -0.39 is 5.91 Å². The minimum Gasteiger partial charge on any atom is -0.384 e. The van der Waals surface area contributed by atoms with E-state index in [4.69, 9.17) is 10.5 Å². The quantitative estimate of drug-likeness (QED) is 0.566. The third-order valence-electron chi connectivity index (χ3n) is 5.55. The lowest BCUT2D eigenvalue weighted by Crippen LogP contribution is -2.34. The number of hydrogen-bond acceptors (Lipinski definition) is 6. The molecule has 1 aromatic carbocycles. The number of nitrogens with zero attached hydrogens (tertiary/aromatic N) is 2. The summed E-state index contributed by atoms with van der Waals surface area (Å²) in [6.07, 6.45) is 3.67. The number of nitrogens with one attached hydrogen (secondary N) is 2. The molecule has 1 aliphatic rings. The molecule has 7 nitrogen and oxygen atoms in total. The monoisotopic (exact) mass is 425 g/mol. The molecule has 0 aliphatic carbocycles. The Morgan fingerprint density at radius 2 is 1.90 bits per heavy atom. The summed E-state index contributed by atoms with van der Waals surface area (Å²) in [6, 6.07) is 10.3. The Kier molecular flexibility index (Phi) is 7.51. The Hall–Kier alpha value is -2.64. The number of amides is 1. The van der Waals surface area contributed by atoms with Crippen molar-refractivity contribution in [2.75, 3.05) is 51.0 Å². The largest absolute Gasteiger partial charge is 0.384 e. The van der Waals surface area contributed by atoms with Crippen LogP contribution in [0.3, 0.4) is 0 Å². The highest BCUT2D eigenvalue weighted by Gasteiger charge is 2.20. The van der Waals surface area contributed by atoms with E-state index in [2.05, 4.69) is 72.7 Å². The normalized spacial score (nSPS) is 15.1. The van der Waals surface area contributed by atoms with E-state index in [-0.39, 0.29) is 5.41 Å². The summed E-state index contributed by atoms with van der Waals surface area (Å²) in [7, 11) is 4.11. The van der Waals surface area contributed by atoms with Crippen LogP contribution in [0.1, 0.15) is 48.5 Å². The second kappa shape index (κ2) is 10.1. The molecule has 7 heteroatoms. The molecule has 1 aromatic heterocycles. The molecule has 3 rings (SSSR count). The van der Waals surface area contributed by atoms with E-state index in [9.17, 15) is 4.79 Å². The number of ether oxygens (including phenoxy) is 1. The Labute approximate surface area is 185 Å². The maximum atomic E-state index is 11.9. The molecular weight excluding hydrogens is 390 g/mol. The van der Waals surface area contributed by atoms with Gasteiger partial charge in [0.05, 0.1) is 11.3 Å². The van der Waals surface area contributed by atoms with Crippen LogP contribution in [0.4, 0.5) is 17.2 Å². The second-order valence-corrected chi connectivity index (χ2v) is 9.37. The van der Waals surface area contributed by atoms with Gasteiger partial charge in [0.2, 0.25) is 0 Å². The lowest BCUT2D eigenvalue weighted by Gasteiger charge is -2.29. The Morgan fingerprint density at radius 3 is 2.52 bits per heavy atom. The molecule has 2 heterocycles.